The summed E-state index contributed by atoms with van der Waals surface area (Å²) in [6, 6.07) is 0. The summed E-state index contributed by atoms with van der Waals surface area (Å²) in [6.45, 7) is 3.83. The van der Waals surface area contributed by atoms with E-state index < -0.39 is 0 Å². The van der Waals surface area contributed by atoms with Crippen molar-refractivity contribution in [3.63, 3.8) is 0 Å². The predicted molar refractivity (Wildman–Crippen MR) is 74.6 cm³/mol. The molecule has 4 aliphatic carbocycles. The molecule has 0 aromatic heterocycles. The standard InChI is InChI=1S/C16H26N2O/c1-16(15(19)17-2-3-18-16)9-14-12-5-10-4-11(7-12)8-13(14)6-10/h10-14,18H,2-9H2,1H3,(H,17,19). The van der Waals surface area contributed by atoms with Gasteiger partial charge < -0.3 is 10.6 Å². The Hall–Kier alpha value is -0.570. The summed E-state index contributed by atoms with van der Waals surface area (Å²) in [4.78, 5) is 12.2. The van der Waals surface area contributed by atoms with Crippen LogP contribution >= 0.6 is 0 Å². The molecule has 19 heavy (non-hydrogen) atoms. The summed E-state index contributed by atoms with van der Waals surface area (Å²) in [6.07, 6.45) is 8.39. The van der Waals surface area contributed by atoms with Gasteiger partial charge in [0, 0.05) is 13.1 Å². The van der Waals surface area contributed by atoms with Gasteiger partial charge in [-0.1, -0.05) is 0 Å². The van der Waals surface area contributed by atoms with Crippen molar-refractivity contribution in [3.8, 4) is 0 Å². The Labute approximate surface area is 115 Å². The predicted octanol–water partition coefficient (Wildman–Crippen LogP) is 1.93. The number of hydrogen-bond donors (Lipinski definition) is 2. The average Bonchev–Trinajstić information content (AvgIpc) is 2.37. The van der Waals surface area contributed by atoms with Gasteiger partial charge >= 0.3 is 0 Å². The first-order chi connectivity index (χ1) is 9.14. The molecule has 0 spiro atoms. The molecule has 3 nitrogen and oxygen atoms in total. The van der Waals surface area contributed by atoms with E-state index >= 15 is 0 Å². The molecule has 0 radical (unpaired) electrons. The Morgan fingerprint density at radius 1 is 1.05 bits per heavy atom. The van der Waals surface area contributed by atoms with Crippen LogP contribution < -0.4 is 10.6 Å². The van der Waals surface area contributed by atoms with Crippen LogP contribution in [0.25, 0.3) is 0 Å². The first kappa shape index (κ1) is 12.2. The number of carbonyl (C=O) groups is 1. The summed E-state index contributed by atoms with van der Waals surface area (Å²) in [5.74, 6) is 4.93. The summed E-state index contributed by atoms with van der Waals surface area (Å²) < 4.78 is 0. The quantitative estimate of drug-likeness (QED) is 0.798. The molecule has 1 amide bonds. The minimum absolute atomic E-state index is 0.229. The smallest absolute Gasteiger partial charge is 0.240 e. The van der Waals surface area contributed by atoms with Gasteiger partial charge in [0.05, 0.1) is 5.54 Å². The van der Waals surface area contributed by atoms with E-state index in [1.807, 2.05) is 0 Å². The van der Waals surface area contributed by atoms with Gasteiger partial charge in [0.25, 0.3) is 0 Å². The molecule has 5 fully saturated rings. The van der Waals surface area contributed by atoms with E-state index in [-0.39, 0.29) is 11.4 Å². The van der Waals surface area contributed by atoms with E-state index in [1.54, 1.807) is 0 Å². The zero-order chi connectivity index (χ0) is 13.0. The molecule has 4 saturated carbocycles. The average molecular weight is 262 g/mol. The van der Waals surface area contributed by atoms with Crippen LogP contribution in [-0.2, 0) is 4.79 Å². The molecule has 2 N–H and O–H groups in total. The van der Waals surface area contributed by atoms with Crippen molar-refractivity contribution in [3.05, 3.63) is 0 Å². The van der Waals surface area contributed by atoms with Crippen LogP contribution in [0.3, 0.4) is 0 Å². The van der Waals surface area contributed by atoms with Gasteiger partial charge in [0.2, 0.25) is 5.91 Å². The fourth-order valence-corrected chi connectivity index (χ4v) is 5.80. The van der Waals surface area contributed by atoms with Crippen LogP contribution in [0.15, 0.2) is 0 Å². The van der Waals surface area contributed by atoms with Crippen molar-refractivity contribution < 1.29 is 4.79 Å². The van der Waals surface area contributed by atoms with E-state index in [0.29, 0.717) is 0 Å². The molecular formula is C16H26N2O. The Balaban J connectivity index is 1.52. The summed E-state index contributed by atoms with van der Waals surface area (Å²) in [7, 11) is 0. The SMILES string of the molecule is CC1(CC2C3CC4CC(C3)CC2C4)NCCNC1=O. The maximum atomic E-state index is 12.2. The van der Waals surface area contributed by atoms with Crippen LogP contribution in [0.2, 0.25) is 0 Å². The largest absolute Gasteiger partial charge is 0.353 e. The second-order valence-electron chi connectivity index (χ2n) is 7.81. The van der Waals surface area contributed by atoms with Crippen LogP contribution in [-0.4, -0.2) is 24.5 Å². The molecule has 3 heteroatoms. The van der Waals surface area contributed by atoms with Gasteiger partial charge in [-0.3, -0.25) is 4.79 Å². The minimum Gasteiger partial charge on any atom is -0.353 e. The van der Waals surface area contributed by atoms with Gasteiger partial charge in [0.15, 0.2) is 0 Å². The van der Waals surface area contributed by atoms with Crippen molar-refractivity contribution in [1.82, 2.24) is 10.6 Å². The second-order valence-corrected chi connectivity index (χ2v) is 7.81. The van der Waals surface area contributed by atoms with Gasteiger partial charge in [-0.2, -0.15) is 0 Å². The van der Waals surface area contributed by atoms with Crippen LogP contribution in [0, 0.1) is 29.6 Å². The fourth-order valence-electron chi connectivity index (χ4n) is 5.80. The Morgan fingerprint density at radius 2 is 1.68 bits per heavy atom. The van der Waals surface area contributed by atoms with Gasteiger partial charge in [0.1, 0.15) is 0 Å². The topological polar surface area (TPSA) is 41.1 Å². The van der Waals surface area contributed by atoms with Crippen molar-refractivity contribution >= 4 is 5.91 Å². The Kier molecular flexibility index (Phi) is 2.70. The number of rotatable bonds is 2. The molecule has 5 rings (SSSR count). The van der Waals surface area contributed by atoms with E-state index in [9.17, 15) is 4.79 Å². The molecular weight excluding hydrogens is 236 g/mol. The fraction of sp³-hybridized carbons (Fsp3) is 0.938. The highest BCUT2D eigenvalue weighted by Gasteiger charge is 2.51. The number of carbonyl (C=O) groups excluding carboxylic acids is 1. The normalized spacial score (nSPS) is 52.3. The molecule has 1 aliphatic heterocycles. The van der Waals surface area contributed by atoms with Crippen molar-refractivity contribution in [2.75, 3.05) is 13.1 Å². The Morgan fingerprint density at radius 3 is 2.26 bits per heavy atom. The number of piperazine rings is 1. The third-order valence-electron chi connectivity index (χ3n) is 6.49. The minimum atomic E-state index is -0.307. The number of nitrogens with one attached hydrogen (secondary N) is 2. The van der Waals surface area contributed by atoms with Crippen molar-refractivity contribution in [2.24, 2.45) is 29.6 Å². The van der Waals surface area contributed by atoms with Crippen LogP contribution in [0.5, 0.6) is 0 Å². The van der Waals surface area contributed by atoms with Crippen LogP contribution in [0.4, 0.5) is 0 Å². The molecule has 4 bridgehead atoms. The van der Waals surface area contributed by atoms with E-state index in [4.69, 9.17) is 0 Å². The number of amides is 1. The first-order valence-electron chi connectivity index (χ1n) is 8.17. The molecule has 1 heterocycles. The third kappa shape index (κ3) is 1.93. The molecule has 1 atom stereocenters. The number of hydrogen-bond acceptors (Lipinski definition) is 2. The molecule has 1 saturated heterocycles. The maximum absolute atomic E-state index is 12.2. The maximum Gasteiger partial charge on any atom is 0.240 e. The summed E-state index contributed by atoms with van der Waals surface area (Å²) in [5.41, 5.74) is -0.307. The van der Waals surface area contributed by atoms with E-state index in [2.05, 4.69) is 17.6 Å². The highest BCUT2D eigenvalue weighted by Crippen LogP contribution is 2.58. The first-order valence-corrected chi connectivity index (χ1v) is 8.17. The lowest BCUT2D eigenvalue weighted by Crippen LogP contribution is -2.63. The third-order valence-corrected chi connectivity index (χ3v) is 6.49. The van der Waals surface area contributed by atoms with Gasteiger partial charge in [-0.05, 0) is 75.0 Å². The van der Waals surface area contributed by atoms with E-state index in [0.717, 1.165) is 49.1 Å². The highest BCUT2D eigenvalue weighted by atomic mass is 16.2. The van der Waals surface area contributed by atoms with Crippen molar-refractivity contribution in [1.29, 1.82) is 0 Å². The molecule has 1 unspecified atom stereocenters. The lowest BCUT2D eigenvalue weighted by atomic mass is 9.50. The summed E-state index contributed by atoms with van der Waals surface area (Å²) >= 11 is 0. The zero-order valence-electron chi connectivity index (χ0n) is 12.0. The Bertz CT molecular complexity index is 366. The van der Waals surface area contributed by atoms with E-state index in [1.165, 1.54) is 32.1 Å². The lowest BCUT2D eigenvalue weighted by molar-refractivity contribution is -0.131. The lowest BCUT2D eigenvalue weighted by Gasteiger charge is -2.56. The summed E-state index contributed by atoms with van der Waals surface area (Å²) in [5, 5.41) is 6.54. The monoisotopic (exact) mass is 262 g/mol. The van der Waals surface area contributed by atoms with Crippen LogP contribution in [0.1, 0.15) is 45.4 Å². The molecule has 0 aromatic carbocycles. The zero-order valence-corrected chi connectivity index (χ0v) is 12.0. The van der Waals surface area contributed by atoms with Crippen molar-refractivity contribution in [2.45, 2.75) is 51.0 Å². The second kappa shape index (κ2) is 4.21. The molecule has 5 aliphatic rings. The van der Waals surface area contributed by atoms with Gasteiger partial charge in [-0.25, -0.2) is 0 Å². The highest BCUT2D eigenvalue weighted by molar-refractivity contribution is 5.86. The molecule has 106 valence electrons. The van der Waals surface area contributed by atoms with Gasteiger partial charge in [-0.15, -0.1) is 0 Å². The molecule has 0 aromatic rings.